The van der Waals surface area contributed by atoms with Gasteiger partial charge in [-0.05, 0) is 31.7 Å². The summed E-state index contributed by atoms with van der Waals surface area (Å²) in [6.07, 6.45) is 2.30. The summed E-state index contributed by atoms with van der Waals surface area (Å²) in [6.45, 7) is 4.83. The quantitative estimate of drug-likeness (QED) is 0.906. The van der Waals surface area contributed by atoms with Crippen LogP contribution in [0.15, 0.2) is 24.3 Å². The van der Waals surface area contributed by atoms with Gasteiger partial charge in [0, 0.05) is 19.5 Å². The van der Waals surface area contributed by atoms with Crippen molar-refractivity contribution in [2.75, 3.05) is 13.1 Å². The maximum absolute atomic E-state index is 12.3. The molecule has 0 saturated carbocycles. The van der Waals surface area contributed by atoms with Crippen LogP contribution in [-0.2, 0) is 16.0 Å². The summed E-state index contributed by atoms with van der Waals surface area (Å²) >= 11 is 0. The number of aryl methyl sites for hydroxylation is 2. The number of carboxylic acids is 1. The first-order valence-electron chi connectivity index (χ1n) is 7.53. The number of carbonyl (C=O) groups is 2. The Balaban J connectivity index is 1.92. The molecule has 1 aromatic rings. The van der Waals surface area contributed by atoms with Crippen LogP contribution in [0.3, 0.4) is 0 Å². The summed E-state index contributed by atoms with van der Waals surface area (Å²) in [5.74, 6) is -0.716. The van der Waals surface area contributed by atoms with Crippen molar-refractivity contribution in [3.8, 4) is 0 Å². The van der Waals surface area contributed by atoms with Crippen LogP contribution in [0.25, 0.3) is 0 Å². The molecule has 0 spiro atoms. The fraction of sp³-hybridized carbons (Fsp3) is 0.529. The Morgan fingerprint density at radius 2 is 2.14 bits per heavy atom. The molecule has 4 heteroatoms. The normalized spacial score (nSPS) is 21.5. The molecule has 1 aliphatic heterocycles. The van der Waals surface area contributed by atoms with Crippen LogP contribution in [0, 0.1) is 12.3 Å². The second-order valence-electron chi connectivity index (χ2n) is 5.99. The summed E-state index contributed by atoms with van der Waals surface area (Å²) in [5, 5.41) is 9.36. The van der Waals surface area contributed by atoms with Gasteiger partial charge >= 0.3 is 5.97 Å². The van der Waals surface area contributed by atoms with Gasteiger partial charge in [-0.2, -0.15) is 0 Å². The molecule has 1 fully saturated rings. The van der Waals surface area contributed by atoms with Gasteiger partial charge in [-0.1, -0.05) is 36.8 Å². The zero-order valence-corrected chi connectivity index (χ0v) is 12.8. The van der Waals surface area contributed by atoms with Gasteiger partial charge in [0.25, 0.3) is 0 Å². The highest BCUT2D eigenvalue weighted by molar-refractivity contribution is 5.80. The first-order valence-corrected chi connectivity index (χ1v) is 7.53. The van der Waals surface area contributed by atoms with E-state index in [0.717, 1.165) is 5.56 Å². The number of likely N-dealkylation sites (tertiary alicyclic amines) is 1. The summed E-state index contributed by atoms with van der Waals surface area (Å²) < 4.78 is 0. The van der Waals surface area contributed by atoms with Crippen LogP contribution in [0.4, 0.5) is 0 Å². The van der Waals surface area contributed by atoms with Gasteiger partial charge in [-0.25, -0.2) is 0 Å². The molecule has 2 rings (SSSR count). The molecule has 1 aliphatic rings. The largest absolute Gasteiger partial charge is 0.481 e. The Hall–Kier alpha value is -1.84. The molecular formula is C17H23NO3. The monoisotopic (exact) mass is 289 g/mol. The van der Waals surface area contributed by atoms with Crippen molar-refractivity contribution < 1.29 is 14.7 Å². The van der Waals surface area contributed by atoms with Gasteiger partial charge in [-0.15, -0.1) is 0 Å². The van der Waals surface area contributed by atoms with E-state index in [-0.39, 0.29) is 5.91 Å². The molecule has 0 bridgehead atoms. The predicted molar refractivity (Wildman–Crippen MR) is 81.1 cm³/mol. The lowest BCUT2D eigenvalue weighted by atomic mass is 9.84. The molecule has 4 nitrogen and oxygen atoms in total. The number of hydrogen-bond donors (Lipinski definition) is 1. The molecule has 1 heterocycles. The van der Waals surface area contributed by atoms with E-state index >= 15 is 0 Å². The van der Waals surface area contributed by atoms with Crippen molar-refractivity contribution in [3.05, 3.63) is 35.4 Å². The number of carboxylic acid groups (broad SMARTS) is 1. The highest BCUT2D eigenvalue weighted by Crippen LogP contribution is 2.34. The van der Waals surface area contributed by atoms with Crippen molar-refractivity contribution in [1.29, 1.82) is 0 Å². The third-order valence-electron chi connectivity index (χ3n) is 4.55. The molecular weight excluding hydrogens is 266 g/mol. The van der Waals surface area contributed by atoms with E-state index in [1.807, 2.05) is 32.0 Å². The van der Waals surface area contributed by atoms with Gasteiger partial charge < -0.3 is 10.0 Å². The fourth-order valence-corrected chi connectivity index (χ4v) is 2.98. The minimum Gasteiger partial charge on any atom is -0.481 e. The summed E-state index contributed by atoms with van der Waals surface area (Å²) in [5.41, 5.74) is 1.61. The summed E-state index contributed by atoms with van der Waals surface area (Å²) in [7, 11) is 0. The van der Waals surface area contributed by atoms with E-state index in [2.05, 4.69) is 6.07 Å². The number of aliphatic carboxylic acids is 1. The van der Waals surface area contributed by atoms with Crippen LogP contribution >= 0.6 is 0 Å². The molecule has 1 unspecified atom stereocenters. The van der Waals surface area contributed by atoms with Crippen LogP contribution in [0.2, 0.25) is 0 Å². The fourth-order valence-electron chi connectivity index (χ4n) is 2.98. The topological polar surface area (TPSA) is 57.6 Å². The highest BCUT2D eigenvalue weighted by Gasteiger charge is 2.44. The van der Waals surface area contributed by atoms with Crippen LogP contribution in [-0.4, -0.2) is 35.0 Å². The lowest BCUT2D eigenvalue weighted by Crippen LogP contribution is -2.36. The number of hydrogen-bond acceptors (Lipinski definition) is 2. The van der Waals surface area contributed by atoms with Crippen molar-refractivity contribution >= 4 is 11.9 Å². The minimum absolute atomic E-state index is 0.0630. The molecule has 1 atom stereocenters. The minimum atomic E-state index is -0.779. The molecule has 1 saturated heterocycles. The molecule has 1 amide bonds. The standard InChI is InChI=1S/C17H23NO3/c1-3-17(16(20)21)9-10-18(12-17)15(19)8-7-14-6-4-5-13(2)11-14/h4-6,11H,3,7-10,12H2,1-2H3,(H,20,21). The van der Waals surface area contributed by atoms with Crippen molar-refractivity contribution in [2.45, 2.75) is 39.5 Å². The molecule has 0 aliphatic carbocycles. The van der Waals surface area contributed by atoms with Gasteiger partial charge in [0.15, 0.2) is 0 Å². The lowest BCUT2D eigenvalue weighted by molar-refractivity contribution is -0.148. The smallest absolute Gasteiger partial charge is 0.311 e. The first-order chi connectivity index (χ1) is 9.97. The Morgan fingerprint density at radius 3 is 2.71 bits per heavy atom. The molecule has 1 N–H and O–H groups in total. The maximum atomic E-state index is 12.3. The van der Waals surface area contributed by atoms with Crippen LogP contribution in [0.1, 0.15) is 37.3 Å². The predicted octanol–water partition coefficient (Wildman–Crippen LogP) is 2.64. The average molecular weight is 289 g/mol. The van der Waals surface area contributed by atoms with Gasteiger partial charge in [0.05, 0.1) is 5.41 Å². The van der Waals surface area contributed by atoms with Gasteiger partial charge in [-0.3, -0.25) is 9.59 Å². The Morgan fingerprint density at radius 1 is 1.38 bits per heavy atom. The molecule has 0 radical (unpaired) electrons. The third kappa shape index (κ3) is 3.43. The van der Waals surface area contributed by atoms with Crippen molar-refractivity contribution in [2.24, 2.45) is 5.41 Å². The Kier molecular flexibility index (Phi) is 4.66. The first kappa shape index (κ1) is 15.5. The molecule has 1 aromatic carbocycles. The van der Waals surface area contributed by atoms with E-state index in [1.54, 1.807) is 4.90 Å². The van der Waals surface area contributed by atoms with Crippen molar-refractivity contribution in [3.63, 3.8) is 0 Å². The molecule has 114 valence electrons. The lowest BCUT2D eigenvalue weighted by Gasteiger charge is -2.23. The van der Waals surface area contributed by atoms with E-state index < -0.39 is 11.4 Å². The molecule has 0 aromatic heterocycles. The summed E-state index contributed by atoms with van der Waals surface area (Å²) in [6, 6.07) is 8.15. The Labute approximate surface area is 125 Å². The summed E-state index contributed by atoms with van der Waals surface area (Å²) in [4.78, 5) is 25.4. The van der Waals surface area contributed by atoms with Crippen LogP contribution < -0.4 is 0 Å². The van der Waals surface area contributed by atoms with E-state index in [9.17, 15) is 14.7 Å². The number of amides is 1. The zero-order chi connectivity index (χ0) is 15.5. The molecule has 21 heavy (non-hydrogen) atoms. The van der Waals surface area contributed by atoms with Gasteiger partial charge in [0.2, 0.25) is 5.91 Å². The third-order valence-corrected chi connectivity index (χ3v) is 4.55. The SMILES string of the molecule is CCC1(C(=O)O)CCN(C(=O)CCc2cccc(C)c2)C1. The number of benzene rings is 1. The second kappa shape index (κ2) is 6.29. The second-order valence-corrected chi connectivity index (χ2v) is 5.99. The van der Waals surface area contributed by atoms with E-state index in [1.165, 1.54) is 5.56 Å². The maximum Gasteiger partial charge on any atom is 0.311 e. The number of rotatable bonds is 5. The van der Waals surface area contributed by atoms with Crippen LogP contribution in [0.5, 0.6) is 0 Å². The number of carbonyl (C=O) groups excluding carboxylic acids is 1. The van der Waals surface area contributed by atoms with Gasteiger partial charge in [0.1, 0.15) is 0 Å². The highest BCUT2D eigenvalue weighted by atomic mass is 16.4. The van der Waals surface area contributed by atoms with Crippen molar-refractivity contribution in [1.82, 2.24) is 4.90 Å². The number of nitrogens with zero attached hydrogens (tertiary/aromatic N) is 1. The zero-order valence-electron chi connectivity index (χ0n) is 12.8. The van der Waals surface area contributed by atoms with E-state index in [4.69, 9.17) is 0 Å². The van der Waals surface area contributed by atoms with E-state index in [0.29, 0.717) is 38.8 Å². The average Bonchev–Trinajstić information content (AvgIpc) is 2.91. The Bertz CT molecular complexity index is 541.